The molecule has 0 amide bonds. The summed E-state index contributed by atoms with van der Waals surface area (Å²) in [5.41, 5.74) is -0.668. The van der Waals surface area contributed by atoms with Crippen molar-refractivity contribution in [3.8, 4) is 0 Å². The van der Waals surface area contributed by atoms with E-state index in [1.165, 1.54) is 0 Å². The molecule has 0 aliphatic heterocycles. The summed E-state index contributed by atoms with van der Waals surface area (Å²) in [6.07, 6.45) is 2.06. The van der Waals surface area contributed by atoms with Crippen LogP contribution in [0.25, 0.3) is 0 Å². The van der Waals surface area contributed by atoms with Crippen molar-refractivity contribution in [3.05, 3.63) is 58.0 Å². The lowest BCUT2D eigenvalue weighted by Crippen LogP contribution is -2.12. The van der Waals surface area contributed by atoms with Crippen LogP contribution in [0.4, 0.5) is 14.6 Å². The molecule has 0 aliphatic carbocycles. The predicted molar refractivity (Wildman–Crippen MR) is 59.6 cm³/mol. The largest absolute Gasteiger partial charge is 0.381 e. The second-order valence-corrected chi connectivity index (χ2v) is 3.68. The van der Waals surface area contributed by atoms with E-state index in [1.807, 2.05) is 0 Å². The molecule has 1 heterocycles. The van der Waals surface area contributed by atoms with Crippen LogP contribution in [0.1, 0.15) is 10.4 Å². The summed E-state index contributed by atoms with van der Waals surface area (Å²) in [5.74, 6) is -3.22. The molecule has 0 saturated carbocycles. The molecular formula is C11H7F2N3O3. The van der Waals surface area contributed by atoms with Crippen molar-refractivity contribution in [2.24, 2.45) is 0 Å². The molecule has 1 aromatic heterocycles. The number of rotatable bonds is 4. The molecule has 0 saturated heterocycles. The second kappa shape index (κ2) is 4.92. The maximum Gasteiger partial charge on any atom is 0.381 e. The molecular weight excluding hydrogens is 260 g/mol. The van der Waals surface area contributed by atoms with Crippen LogP contribution >= 0.6 is 0 Å². The smallest absolute Gasteiger partial charge is 0.358 e. The number of carbonyl (C=O) groups excluding carboxylic acids is 1. The molecule has 2 rings (SSSR count). The first-order valence-corrected chi connectivity index (χ1v) is 5.12. The van der Waals surface area contributed by atoms with Crippen molar-refractivity contribution in [3.63, 3.8) is 0 Å². The highest BCUT2D eigenvalue weighted by atomic mass is 19.1. The minimum Gasteiger partial charge on any atom is -0.358 e. The van der Waals surface area contributed by atoms with E-state index < -0.39 is 40.3 Å². The van der Waals surface area contributed by atoms with Crippen LogP contribution in [0, 0.1) is 21.7 Å². The molecule has 8 heteroatoms. The number of hydrogen-bond acceptors (Lipinski definition) is 4. The highest BCUT2D eigenvalue weighted by Crippen LogP contribution is 2.14. The van der Waals surface area contributed by atoms with Crippen LogP contribution in [0.2, 0.25) is 0 Å². The SMILES string of the molecule is O=C(Cn1cnc([N+](=O)[O-])c1)c1c(F)cccc1F. The monoisotopic (exact) mass is 267 g/mol. The van der Waals surface area contributed by atoms with E-state index in [4.69, 9.17) is 0 Å². The third kappa shape index (κ3) is 2.62. The average molecular weight is 267 g/mol. The molecule has 1 aromatic carbocycles. The van der Waals surface area contributed by atoms with Gasteiger partial charge in [-0.05, 0) is 22.0 Å². The fourth-order valence-corrected chi connectivity index (χ4v) is 1.54. The van der Waals surface area contributed by atoms with E-state index in [2.05, 4.69) is 4.98 Å². The van der Waals surface area contributed by atoms with E-state index in [1.54, 1.807) is 0 Å². The second-order valence-electron chi connectivity index (χ2n) is 3.68. The van der Waals surface area contributed by atoms with E-state index in [-0.39, 0.29) is 0 Å². The summed E-state index contributed by atoms with van der Waals surface area (Å²) in [6.45, 7) is -0.432. The maximum atomic E-state index is 13.3. The van der Waals surface area contributed by atoms with Gasteiger partial charge in [0.15, 0.2) is 5.78 Å². The Bertz CT molecular complexity index is 634. The number of nitro groups is 1. The minimum absolute atomic E-state index is 0.432. The molecule has 0 atom stereocenters. The lowest BCUT2D eigenvalue weighted by Gasteiger charge is -2.03. The van der Waals surface area contributed by atoms with Gasteiger partial charge in [0.1, 0.15) is 17.8 Å². The first-order chi connectivity index (χ1) is 8.99. The Labute approximate surface area is 105 Å². The summed E-state index contributed by atoms with van der Waals surface area (Å²) in [7, 11) is 0. The van der Waals surface area contributed by atoms with E-state index in [0.717, 1.165) is 35.3 Å². The molecule has 0 unspecified atom stereocenters. The van der Waals surface area contributed by atoms with E-state index in [0.29, 0.717) is 0 Å². The Balaban J connectivity index is 2.23. The molecule has 0 aliphatic rings. The van der Waals surface area contributed by atoms with Crippen molar-refractivity contribution in [2.75, 3.05) is 0 Å². The van der Waals surface area contributed by atoms with Gasteiger partial charge in [0.2, 0.25) is 6.33 Å². The number of benzene rings is 1. The van der Waals surface area contributed by atoms with Gasteiger partial charge in [-0.1, -0.05) is 6.07 Å². The van der Waals surface area contributed by atoms with Crippen LogP contribution < -0.4 is 0 Å². The summed E-state index contributed by atoms with van der Waals surface area (Å²) >= 11 is 0. The number of halogens is 2. The molecule has 0 N–H and O–H groups in total. The topological polar surface area (TPSA) is 78.0 Å². The van der Waals surface area contributed by atoms with Crippen LogP contribution in [0.5, 0.6) is 0 Å². The summed E-state index contributed by atoms with van der Waals surface area (Å²) in [4.78, 5) is 24.8. The van der Waals surface area contributed by atoms with Gasteiger partial charge in [-0.3, -0.25) is 4.79 Å². The van der Waals surface area contributed by atoms with E-state index in [9.17, 15) is 23.7 Å². The number of aromatic nitrogens is 2. The molecule has 0 bridgehead atoms. The molecule has 98 valence electrons. The van der Waals surface area contributed by atoms with Gasteiger partial charge in [-0.15, -0.1) is 0 Å². The Kier molecular flexibility index (Phi) is 3.32. The average Bonchev–Trinajstić information content (AvgIpc) is 2.77. The predicted octanol–water partition coefficient (Wildman–Crippen LogP) is 1.95. The van der Waals surface area contributed by atoms with Gasteiger partial charge in [-0.25, -0.2) is 8.78 Å². The molecule has 0 spiro atoms. The van der Waals surface area contributed by atoms with Crippen molar-refractivity contribution < 1.29 is 18.5 Å². The molecule has 2 aromatic rings. The fraction of sp³-hybridized carbons (Fsp3) is 0.0909. The fourth-order valence-electron chi connectivity index (χ4n) is 1.54. The van der Waals surface area contributed by atoms with Crippen LogP contribution in [-0.4, -0.2) is 20.3 Å². The molecule has 0 radical (unpaired) electrons. The van der Waals surface area contributed by atoms with Crippen LogP contribution in [0.15, 0.2) is 30.7 Å². The first-order valence-electron chi connectivity index (χ1n) is 5.12. The van der Waals surface area contributed by atoms with Crippen LogP contribution in [-0.2, 0) is 6.54 Å². The number of carbonyl (C=O) groups is 1. The number of Topliss-reactive ketones (excluding diaryl/α,β-unsaturated/α-hetero) is 1. The van der Waals surface area contributed by atoms with Gasteiger partial charge in [0.05, 0.1) is 12.1 Å². The summed E-state index contributed by atoms with van der Waals surface area (Å²) in [5, 5.41) is 10.4. The van der Waals surface area contributed by atoms with Crippen molar-refractivity contribution >= 4 is 11.6 Å². The summed E-state index contributed by atoms with van der Waals surface area (Å²) in [6, 6.07) is 3.07. The third-order valence-corrected chi connectivity index (χ3v) is 2.37. The zero-order valence-electron chi connectivity index (χ0n) is 9.42. The molecule has 19 heavy (non-hydrogen) atoms. The van der Waals surface area contributed by atoms with Crippen molar-refractivity contribution in [1.82, 2.24) is 9.55 Å². The number of hydrogen-bond donors (Lipinski definition) is 0. The standard InChI is InChI=1S/C11H7F2N3O3/c12-7-2-1-3-8(13)11(7)9(17)4-15-5-10(14-6-15)16(18)19/h1-3,5-6H,4H2. The lowest BCUT2D eigenvalue weighted by atomic mass is 10.1. The van der Waals surface area contributed by atoms with Gasteiger partial charge in [0.25, 0.3) is 0 Å². The molecule has 6 nitrogen and oxygen atoms in total. The number of ketones is 1. The van der Waals surface area contributed by atoms with Gasteiger partial charge in [0, 0.05) is 0 Å². The normalized spacial score (nSPS) is 10.4. The van der Waals surface area contributed by atoms with E-state index >= 15 is 0 Å². The number of imidazole rings is 1. The molecule has 0 fully saturated rings. The quantitative estimate of drug-likeness (QED) is 0.482. The highest BCUT2D eigenvalue weighted by molar-refractivity contribution is 5.96. The Morgan fingerprint density at radius 1 is 1.37 bits per heavy atom. The highest BCUT2D eigenvalue weighted by Gasteiger charge is 2.19. The van der Waals surface area contributed by atoms with Crippen LogP contribution in [0.3, 0.4) is 0 Å². The Morgan fingerprint density at radius 3 is 2.53 bits per heavy atom. The maximum absolute atomic E-state index is 13.3. The zero-order chi connectivity index (χ0) is 14.0. The third-order valence-electron chi connectivity index (χ3n) is 2.37. The van der Waals surface area contributed by atoms with Crippen molar-refractivity contribution in [2.45, 2.75) is 6.54 Å². The zero-order valence-corrected chi connectivity index (χ0v) is 9.42. The Morgan fingerprint density at radius 2 is 2.00 bits per heavy atom. The van der Waals surface area contributed by atoms with Gasteiger partial charge >= 0.3 is 5.82 Å². The lowest BCUT2D eigenvalue weighted by molar-refractivity contribution is -0.389. The first kappa shape index (κ1) is 12.8. The minimum atomic E-state index is -0.973. The van der Waals surface area contributed by atoms with Gasteiger partial charge < -0.3 is 14.7 Å². The number of nitrogens with zero attached hydrogens (tertiary/aromatic N) is 3. The summed E-state index contributed by atoms with van der Waals surface area (Å²) < 4.78 is 27.8. The Hall–Kier alpha value is -2.64. The van der Waals surface area contributed by atoms with Crippen molar-refractivity contribution in [1.29, 1.82) is 0 Å². The van der Waals surface area contributed by atoms with Gasteiger partial charge in [-0.2, -0.15) is 0 Å².